The van der Waals surface area contributed by atoms with Crippen molar-refractivity contribution in [2.45, 2.75) is 60.4 Å². The number of aryl methyl sites for hydroxylation is 1. The summed E-state index contributed by atoms with van der Waals surface area (Å²) in [5.74, 6) is -2.93. The van der Waals surface area contributed by atoms with E-state index in [2.05, 4.69) is 5.32 Å². The lowest BCUT2D eigenvalue weighted by atomic mass is 10.1. The van der Waals surface area contributed by atoms with Crippen LogP contribution in [0.4, 0.5) is 5.69 Å². The quantitative estimate of drug-likeness (QED) is 0.159. The lowest BCUT2D eigenvalue weighted by Crippen LogP contribution is -2.47. The number of carboxylic acids is 1. The minimum atomic E-state index is -1.19. The molecule has 246 valence electrons. The van der Waals surface area contributed by atoms with Gasteiger partial charge in [-0.2, -0.15) is 0 Å². The number of carbonyl (C=O) groups excluding carboxylic acids is 6. The molecule has 2 rings (SSSR count). The van der Waals surface area contributed by atoms with E-state index in [0.29, 0.717) is 29.7 Å². The molecule has 2 atom stereocenters. The van der Waals surface area contributed by atoms with Crippen molar-refractivity contribution < 1.29 is 48.5 Å². The SMILES string of the molecule is CC(C)C(=O)CO.CCC(C)C(=O)N(CC(=O)NC(C=O)CC(=O)O)c1ccccc1C.COc1ccccc1C(=O)C(C)=O. The van der Waals surface area contributed by atoms with Gasteiger partial charge >= 0.3 is 5.97 Å². The normalized spacial score (nSPS) is 11.3. The molecule has 0 radical (unpaired) electrons. The summed E-state index contributed by atoms with van der Waals surface area (Å²) in [6.07, 6.45) is 0.498. The van der Waals surface area contributed by atoms with Gasteiger partial charge in [0, 0.05) is 24.4 Å². The van der Waals surface area contributed by atoms with E-state index in [-0.39, 0.29) is 36.7 Å². The summed E-state index contributed by atoms with van der Waals surface area (Å²) in [7, 11) is 1.46. The van der Waals surface area contributed by atoms with Crippen LogP contribution in [0.3, 0.4) is 0 Å². The molecular formula is C33H44N2O10. The molecule has 45 heavy (non-hydrogen) atoms. The van der Waals surface area contributed by atoms with Crippen LogP contribution in [-0.4, -0.2) is 77.9 Å². The Labute approximate surface area is 263 Å². The Hall–Kier alpha value is -4.71. The summed E-state index contributed by atoms with van der Waals surface area (Å²) in [4.78, 5) is 80.3. The Morgan fingerprint density at radius 1 is 0.978 bits per heavy atom. The molecule has 2 aromatic rings. The monoisotopic (exact) mass is 628 g/mol. The number of hydrogen-bond donors (Lipinski definition) is 3. The van der Waals surface area contributed by atoms with Crippen molar-refractivity contribution in [1.82, 2.24) is 5.32 Å². The van der Waals surface area contributed by atoms with Crippen LogP contribution >= 0.6 is 0 Å². The Morgan fingerprint density at radius 2 is 1.56 bits per heavy atom. The molecule has 0 saturated heterocycles. The van der Waals surface area contributed by atoms with Crippen LogP contribution in [0.1, 0.15) is 63.4 Å². The molecule has 0 aromatic heterocycles. The first kappa shape index (κ1) is 40.3. The van der Waals surface area contributed by atoms with Crippen molar-refractivity contribution in [2.24, 2.45) is 11.8 Å². The third-order valence-electron chi connectivity index (χ3n) is 6.38. The minimum absolute atomic E-state index is 0.0231. The van der Waals surface area contributed by atoms with E-state index in [1.807, 2.05) is 26.0 Å². The van der Waals surface area contributed by atoms with Crippen LogP contribution in [0.2, 0.25) is 0 Å². The zero-order valence-corrected chi connectivity index (χ0v) is 26.9. The van der Waals surface area contributed by atoms with Crippen molar-refractivity contribution in [3.05, 3.63) is 59.7 Å². The summed E-state index contributed by atoms with van der Waals surface area (Å²) >= 11 is 0. The molecule has 0 fully saturated rings. The Kier molecular flexibility index (Phi) is 18.9. The second-order valence-corrected chi connectivity index (χ2v) is 10.3. The number of methoxy groups -OCH3 is 1. The molecule has 0 aliphatic heterocycles. The number of benzene rings is 2. The van der Waals surface area contributed by atoms with Gasteiger partial charge in [0.05, 0.1) is 25.1 Å². The number of rotatable bonds is 14. The third-order valence-corrected chi connectivity index (χ3v) is 6.38. The number of carboxylic acid groups (broad SMARTS) is 1. The number of Topliss-reactive ketones (excluding diaryl/α,β-unsaturated/α-hetero) is 3. The Morgan fingerprint density at radius 3 is 2.00 bits per heavy atom. The molecule has 0 aliphatic carbocycles. The fourth-order valence-electron chi connectivity index (χ4n) is 3.51. The van der Waals surface area contributed by atoms with E-state index >= 15 is 0 Å². The molecule has 0 bridgehead atoms. The van der Waals surface area contributed by atoms with Gasteiger partial charge in [-0.05, 0) is 37.1 Å². The average Bonchev–Trinajstić information content (AvgIpc) is 3.02. The van der Waals surface area contributed by atoms with Crippen LogP contribution in [0.15, 0.2) is 48.5 Å². The molecular weight excluding hydrogens is 584 g/mol. The summed E-state index contributed by atoms with van der Waals surface area (Å²) in [6.45, 7) is 9.67. The molecule has 12 nitrogen and oxygen atoms in total. The average molecular weight is 629 g/mol. The van der Waals surface area contributed by atoms with E-state index in [1.165, 1.54) is 18.9 Å². The maximum absolute atomic E-state index is 12.7. The topological polar surface area (TPSA) is 184 Å². The van der Waals surface area contributed by atoms with Crippen LogP contribution < -0.4 is 15.0 Å². The minimum Gasteiger partial charge on any atom is -0.496 e. The van der Waals surface area contributed by atoms with Crippen molar-refractivity contribution >= 4 is 47.1 Å². The first-order valence-corrected chi connectivity index (χ1v) is 14.3. The predicted octanol–water partition coefficient (Wildman–Crippen LogP) is 3.20. The predicted molar refractivity (Wildman–Crippen MR) is 168 cm³/mol. The van der Waals surface area contributed by atoms with E-state index in [0.717, 1.165) is 5.56 Å². The zero-order chi connectivity index (χ0) is 34.7. The summed E-state index contributed by atoms with van der Waals surface area (Å²) < 4.78 is 4.94. The van der Waals surface area contributed by atoms with Gasteiger partial charge < -0.3 is 30.0 Å². The molecule has 0 spiro atoms. The number of aliphatic hydroxyl groups is 1. The fourth-order valence-corrected chi connectivity index (χ4v) is 3.51. The number of aliphatic hydroxyl groups excluding tert-OH is 1. The number of amides is 2. The number of aliphatic carboxylic acids is 1. The highest BCUT2D eigenvalue weighted by Gasteiger charge is 2.25. The van der Waals surface area contributed by atoms with Gasteiger partial charge in [0.1, 0.15) is 25.2 Å². The second kappa shape index (κ2) is 21.1. The Bertz CT molecular complexity index is 1320. The molecule has 0 saturated carbocycles. The van der Waals surface area contributed by atoms with Crippen LogP contribution in [0, 0.1) is 18.8 Å². The van der Waals surface area contributed by atoms with Gasteiger partial charge in [-0.1, -0.05) is 58.0 Å². The first-order valence-electron chi connectivity index (χ1n) is 14.3. The number of ketones is 3. The molecule has 0 heterocycles. The van der Waals surface area contributed by atoms with Crippen molar-refractivity contribution in [3.63, 3.8) is 0 Å². The van der Waals surface area contributed by atoms with E-state index in [4.69, 9.17) is 14.9 Å². The standard InChI is InChI=1S/C18H24N2O5.C10H10O3.C5H10O2/c1-4-12(2)18(25)20(15-8-6-5-7-13(15)3)10-16(22)19-14(11-21)9-17(23)24;1-7(11)10(12)8-5-3-4-6-9(8)13-2;1-4(2)5(7)3-6/h5-8,11-12,14H,4,9-10H2,1-3H3,(H,19,22)(H,23,24);3-6H,1-2H3;4,6H,3H2,1-2H3. The van der Waals surface area contributed by atoms with Crippen molar-refractivity contribution in [1.29, 1.82) is 0 Å². The lowest BCUT2D eigenvalue weighted by molar-refractivity contribution is -0.139. The lowest BCUT2D eigenvalue weighted by Gasteiger charge is -2.27. The fraction of sp³-hybridized carbons (Fsp3) is 0.424. The van der Waals surface area contributed by atoms with Gasteiger partial charge in [-0.15, -0.1) is 0 Å². The van der Waals surface area contributed by atoms with Gasteiger partial charge in [0.15, 0.2) is 11.6 Å². The van der Waals surface area contributed by atoms with Gasteiger partial charge in [-0.25, -0.2) is 0 Å². The molecule has 2 unspecified atom stereocenters. The molecule has 12 heteroatoms. The van der Waals surface area contributed by atoms with E-state index < -0.39 is 35.9 Å². The highest BCUT2D eigenvalue weighted by Crippen LogP contribution is 2.22. The van der Waals surface area contributed by atoms with Gasteiger partial charge in [0.2, 0.25) is 17.6 Å². The van der Waals surface area contributed by atoms with Crippen molar-refractivity contribution in [2.75, 3.05) is 25.2 Å². The van der Waals surface area contributed by atoms with Gasteiger partial charge in [0.25, 0.3) is 0 Å². The maximum Gasteiger partial charge on any atom is 0.305 e. The highest BCUT2D eigenvalue weighted by atomic mass is 16.5. The van der Waals surface area contributed by atoms with E-state index in [9.17, 15) is 33.6 Å². The molecule has 3 N–H and O–H groups in total. The van der Waals surface area contributed by atoms with Crippen LogP contribution in [0.25, 0.3) is 0 Å². The number of anilines is 1. The number of nitrogens with zero attached hydrogens (tertiary/aromatic N) is 1. The van der Waals surface area contributed by atoms with Crippen molar-refractivity contribution in [3.8, 4) is 5.75 Å². The summed E-state index contributed by atoms with van der Waals surface area (Å²) in [5.41, 5.74) is 1.77. The summed E-state index contributed by atoms with van der Waals surface area (Å²) in [5, 5.41) is 19.2. The van der Waals surface area contributed by atoms with Crippen LogP contribution in [-0.2, 0) is 28.8 Å². The second-order valence-electron chi connectivity index (χ2n) is 10.3. The zero-order valence-electron chi connectivity index (χ0n) is 26.9. The highest BCUT2D eigenvalue weighted by molar-refractivity contribution is 6.43. The third kappa shape index (κ3) is 14.5. The number of para-hydroxylation sites is 2. The number of carbonyl (C=O) groups is 7. The summed E-state index contributed by atoms with van der Waals surface area (Å²) in [6, 6.07) is 12.7. The molecule has 2 aromatic carbocycles. The molecule has 2 amide bonds. The number of hydrogen-bond acceptors (Lipinski definition) is 9. The first-order chi connectivity index (χ1) is 21.1. The largest absolute Gasteiger partial charge is 0.496 e. The van der Waals surface area contributed by atoms with Crippen LogP contribution in [0.5, 0.6) is 5.75 Å². The Balaban J connectivity index is 0.000000798. The number of nitrogens with one attached hydrogen (secondary N) is 1. The molecule has 0 aliphatic rings. The maximum atomic E-state index is 12.7. The smallest absolute Gasteiger partial charge is 0.305 e. The number of aldehydes is 1. The van der Waals surface area contributed by atoms with E-state index in [1.54, 1.807) is 57.2 Å². The van der Waals surface area contributed by atoms with Gasteiger partial charge in [-0.3, -0.25) is 28.8 Å². The number of ether oxygens (including phenoxy) is 1.